The number of aromatic nitrogens is 3. The van der Waals surface area contributed by atoms with Gasteiger partial charge in [0.15, 0.2) is 0 Å². The molecule has 1 aromatic carbocycles. The number of benzene rings is 1. The van der Waals surface area contributed by atoms with Crippen LogP contribution < -0.4 is 5.32 Å². The van der Waals surface area contributed by atoms with Crippen molar-refractivity contribution < 1.29 is 9.18 Å². The van der Waals surface area contributed by atoms with Gasteiger partial charge in [-0.05, 0) is 37.1 Å². The SMILES string of the molecule is Cn1ccnc1CN1CCC(NC(=O)c2ccc(-c3cccc(F)c3)nc2)CC1. The van der Waals surface area contributed by atoms with Gasteiger partial charge >= 0.3 is 0 Å². The van der Waals surface area contributed by atoms with E-state index in [1.165, 1.54) is 12.1 Å². The first-order valence-corrected chi connectivity index (χ1v) is 9.80. The van der Waals surface area contributed by atoms with Crippen LogP contribution in [0.1, 0.15) is 29.0 Å². The lowest BCUT2D eigenvalue weighted by atomic mass is 10.0. The van der Waals surface area contributed by atoms with E-state index in [4.69, 9.17) is 0 Å². The summed E-state index contributed by atoms with van der Waals surface area (Å²) in [6.07, 6.45) is 7.13. The molecule has 1 fully saturated rings. The number of carbonyl (C=O) groups excluding carboxylic acids is 1. The molecule has 150 valence electrons. The minimum Gasteiger partial charge on any atom is -0.349 e. The molecule has 1 aliphatic heterocycles. The van der Waals surface area contributed by atoms with Crippen molar-refractivity contribution in [2.24, 2.45) is 7.05 Å². The van der Waals surface area contributed by atoms with Gasteiger partial charge in [-0.15, -0.1) is 0 Å². The van der Waals surface area contributed by atoms with Gasteiger partial charge in [-0.3, -0.25) is 14.7 Å². The molecule has 0 spiro atoms. The molecule has 2 aromatic heterocycles. The zero-order chi connectivity index (χ0) is 20.2. The maximum absolute atomic E-state index is 13.4. The number of hydrogen-bond donors (Lipinski definition) is 1. The average molecular weight is 393 g/mol. The number of rotatable bonds is 5. The largest absolute Gasteiger partial charge is 0.349 e. The van der Waals surface area contributed by atoms with Crippen molar-refractivity contribution in [3.8, 4) is 11.3 Å². The monoisotopic (exact) mass is 393 g/mol. The summed E-state index contributed by atoms with van der Waals surface area (Å²) in [5, 5.41) is 3.11. The lowest BCUT2D eigenvalue weighted by Crippen LogP contribution is -2.44. The van der Waals surface area contributed by atoms with Crippen LogP contribution in [-0.2, 0) is 13.6 Å². The third kappa shape index (κ3) is 4.68. The Balaban J connectivity index is 1.30. The number of nitrogens with one attached hydrogen (secondary N) is 1. The third-order valence-corrected chi connectivity index (χ3v) is 5.35. The lowest BCUT2D eigenvalue weighted by molar-refractivity contribution is 0.0907. The van der Waals surface area contributed by atoms with Crippen molar-refractivity contribution in [3.05, 3.63) is 72.2 Å². The maximum Gasteiger partial charge on any atom is 0.253 e. The molecule has 0 unspecified atom stereocenters. The van der Waals surface area contributed by atoms with Crippen molar-refractivity contribution in [2.75, 3.05) is 13.1 Å². The zero-order valence-electron chi connectivity index (χ0n) is 16.4. The van der Waals surface area contributed by atoms with E-state index < -0.39 is 0 Å². The van der Waals surface area contributed by atoms with E-state index in [0.717, 1.165) is 38.3 Å². The lowest BCUT2D eigenvalue weighted by Gasteiger charge is -2.32. The average Bonchev–Trinajstić information content (AvgIpc) is 3.14. The summed E-state index contributed by atoms with van der Waals surface area (Å²) in [7, 11) is 2.00. The number of likely N-dealkylation sites (tertiary alicyclic amines) is 1. The number of halogens is 1. The first kappa shape index (κ1) is 19.3. The molecule has 1 amide bonds. The molecule has 1 aliphatic rings. The maximum atomic E-state index is 13.4. The van der Waals surface area contributed by atoms with Gasteiger partial charge in [-0.2, -0.15) is 0 Å². The van der Waals surface area contributed by atoms with Crippen LogP contribution in [0.2, 0.25) is 0 Å². The Labute approximate surface area is 169 Å². The molecule has 3 aromatic rings. The molecular weight excluding hydrogens is 369 g/mol. The first-order chi connectivity index (χ1) is 14.1. The van der Waals surface area contributed by atoms with E-state index in [1.807, 2.05) is 24.0 Å². The first-order valence-electron chi connectivity index (χ1n) is 9.80. The van der Waals surface area contributed by atoms with Crippen molar-refractivity contribution in [2.45, 2.75) is 25.4 Å². The molecule has 1 N–H and O–H groups in total. The second-order valence-corrected chi connectivity index (χ2v) is 7.42. The van der Waals surface area contributed by atoms with E-state index in [9.17, 15) is 9.18 Å². The predicted octanol–water partition coefficient (Wildman–Crippen LogP) is 3.02. The second kappa shape index (κ2) is 8.53. The van der Waals surface area contributed by atoms with E-state index in [1.54, 1.807) is 30.5 Å². The molecule has 0 bridgehead atoms. The molecule has 3 heterocycles. The normalized spacial score (nSPS) is 15.4. The van der Waals surface area contributed by atoms with E-state index >= 15 is 0 Å². The Morgan fingerprint density at radius 2 is 2.03 bits per heavy atom. The van der Waals surface area contributed by atoms with Crippen LogP contribution in [0.15, 0.2) is 55.0 Å². The molecule has 0 radical (unpaired) electrons. The molecule has 1 saturated heterocycles. The van der Waals surface area contributed by atoms with E-state index in [-0.39, 0.29) is 17.8 Å². The van der Waals surface area contributed by atoms with Gasteiger partial charge in [0.1, 0.15) is 11.6 Å². The number of carbonyl (C=O) groups is 1. The number of aryl methyl sites for hydroxylation is 1. The minimum atomic E-state index is -0.305. The highest BCUT2D eigenvalue weighted by Crippen LogP contribution is 2.18. The van der Waals surface area contributed by atoms with E-state index in [2.05, 4.69) is 20.2 Å². The molecule has 6 nitrogen and oxygen atoms in total. The summed E-state index contributed by atoms with van der Waals surface area (Å²) in [6, 6.07) is 9.91. The van der Waals surface area contributed by atoms with Crippen molar-refractivity contribution in [3.63, 3.8) is 0 Å². The molecular formula is C22H24FN5O. The van der Waals surface area contributed by atoms with Crippen LogP contribution in [0.3, 0.4) is 0 Å². The van der Waals surface area contributed by atoms with Gasteiger partial charge in [0.2, 0.25) is 0 Å². The van der Waals surface area contributed by atoms with Crippen LogP contribution in [0.5, 0.6) is 0 Å². The number of amides is 1. The fourth-order valence-electron chi connectivity index (χ4n) is 3.60. The highest BCUT2D eigenvalue weighted by atomic mass is 19.1. The van der Waals surface area contributed by atoms with Gasteiger partial charge in [-0.25, -0.2) is 9.37 Å². The molecule has 7 heteroatoms. The third-order valence-electron chi connectivity index (χ3n) is 5.35. The van der Waals surface area contributed by atoms with Crippen molar-refractivity contribution in [1.29, 1.82) is 0 Å². The molecule has 0 atom stereocenters. The fraction of sp³-hybridized carbons (Fsp3) is 0.318. The summed E-state index contributed by atoms with van der Waals surface area (Å²) >= 11 is 0. The Morgan fingerprint density at radius 1 is 1.21 bits per heavy atom. The van der Waals surface area contributed by atoms with Crippen LogP contribution in [0.4, 0.5) is 4.39 Å². The molecule has 4 rings (SSSR count). The van der Waals surface area contributed by atoms with Crippen LogP contribution >= 0.6 is 0 Å². The standard InChI is InChI=1S/C22H24FN5O/c1-27-12-9-24-21(27)15-28-10-7-19(8-11-28)26-22(29)17-5-6-20(25-14-17)16-3-2-4-18(23)13-16/h2-6,9,12-14,19H,7-8,10-11,15H2,1H3,(H,26,29). The Hall–Kier alpha value is -3.06. The Kier molecular flexibility index (Phi) is 5.67. The molecule has 29 heavy (non-hydrogen) atoms. The number of hydrogen-bond acceptors (Lipinski definition) is 4. The quantitative estimate of drug-likeness (QED) is 0.724. The second-order valence-electron chi connectivity index (χ2n) is 7.42. The van der Waals surface area contributed by atoms with Gasteiger partial charge in [0, 0.05) is 50.3 Å². The predicted molar refractivity (Wildman–Crippen MR) is 109 cm³/mol. The minimum absolute atomic E-state index is 0.120. The smallest absolute Gasteiger partial charge is 0.253 e. The van der Waals surface area contributed by atoms with Crippen molar-refractivity contribution in [1.82, 2.24) is 24.8 Å². The number of pyridine rings is 1. The summed E-state index contributed by atoms with van der Waals surface area (Å²) < 4.78 is 15.4. The van der Waals surface area contributed by atoms with Gasteiger partial charge in [0.05, 0.1) is 17.8 Å². The fourth-order valence-corrected chi connectivity index (χ4v) is 3.60. The van der Waals surface area contributed by atoms with Gasteiger partial charge in [-0.1, -0.05) is 12.1 Å². The number of imidazole rings is 1. The summed E-state index contributed by atoms with van der Waals surface area (Å²) in [5.74, 6) is 0.628. The zero-order valence-corrected chi connectivity index (χ0v) is 16.4. The highest BCUT2D eigenvalue weighted by Gasteiger charge is 2.22. The Bertz CT molecular complexity index is 977. The Morgan fingerprint density at radius 3 is 2.69 bits per heavy atom. The van der Waals surface area contributed by atoms with Gasteiger partial charge < -0.3 is 9.88 Å². The molecule has 0 aliphatic carbocycles. The molecule has 0 saturated carbocycles. The summed E-state index contributed by atoms with van der Waals surface area (Å²) in [4.78, 5) is 23.6. The van der Waals surface area contributed by atoms with E-state index in [0.29, 0.717) is 16.8 Å². The summed E-state index contributed by atoms with van der Waals surface area (Å²) in [5.41, 5.74) is 1.85. The van der Waals surface area contributed by atoms with Crippen LogP contribution in [0.25, 0.3) is 11.3 Å². The van der Waals surface area contributed by atoms with Gasteiger partial charge in [0.25, 0.3) is 5.91 Å². The topological polar surface area (TPSA) is 63.1 Å². The number of piperidine rings is 1. The van der Waals surface area contributed by atoms with Crippen molar-refractivity contribution >= 4 is 5.91 Å². The summed E-state index contributed by atoms with van der Waals surface area (Å²) in [6.45, 7) is 2.68. The van der Waals surface area contributed by atoms with Crippen LogP contribution in [-0.4, -0.2) is 44.5 Å². The number of nitrogens with zero attached hydrogens (tertiary/aromatic N) is 4. The highest BCUT2D eigenvalue weighted by molar-refractivity contribution is 5.94. The van der Waals surface area contributed by atoms with Crippen LogP contribution in [0, 0.1) is 5.82 Å².